The van der Waals surface area contributed by atoms with E-state index in [9.17, 15) is 9.59 Å². The Bertz CT molecular complexity index is 868. The molecule has 6 nitrogen and oxygen atoms in total. The molecule has 1 atom stereocenters. The van der Waals surface area contributed by atoms with E-state index in [4.69, 9.17) is 9.47 Å². The van der Waals surface area contributed by atoms with E-state index < -0.39 is 0 Å². The van der Waals surface area contributed by atoms with E-state index in [-0.39, 0.29) is 17.1 Å². The molecule has 7 heteroatoms. The van der Waals surface area contributed by atoms with Crippen molar-refractivity contribution in [2.24, 2.45) is 0 Å². The number of morpholine rings is 1. The molecule has 1 heterocycles. The van der Waals surface area contributed by atoms with Gasteiger partial charge in [-0.2, -0.15) is 0 Å². The van der Waals surface area contributed by atoms with E-state index in [2.05, 4.69) is 22.3 Å². The summed E-state index contributed by atoms with van der Waals surface area (Å²) in [7, 11) is 1.37. The molecule has 0 saturated carbocycles. The first-order valence-electron chi connectivity index (χ1n) is 10.1. The highest BCUT2D eigenvalue weighted by Gasteiger charge is 2.19. The van der Waals surface area contributed by atoms with E-state index in [1.807, 2.05) is 30.3 Å². The molecule has 1 aliphatic heterocycles. The van der Waals surface area contributed by atoms with Crippen LogP contribution in [0.3, 0.4) is 0 Å². The Balaban J connectivity index is 1.60. The van der Waals surface area contributed by atoms with Gasteiger partial charge in [0.05, 0.1) is 25.9 Å². The third-order valence-corrected chi connectivity index (χ3v) is 6.08. The van der Waals surface area contributed by atoms with Crippen LogP contribution in [0.5, 0.6) is 0 Å². The van der Waals surface area contributed by atoms with E-state index in [0.717, 1.165) is 43.3 Å². The maximum absolute atomic E-state index is 12.8. The summed E-state index contributed by atoms with van der Waals surface area (Å²) in [5.41, 5.74) is 2.84. The Hall–Kier alpha value is -2.35. The smallest absolute Gasteiger partial charge is 0.318 e. The summed E-state index contributed by atoms with van der Waals surface area (Å²) in [6.45, 7) is 6.55. The Morgan fingerprint density at radius 3 is 2.63 bits per heavy atom. The van der Waals surface area contributed by atoms with E-state index >= 15 is 0 Å². The van der Waals surface area contributed by atoms with Crippen molar-refractivity contribution in [1.82, 2.24) is 10.2 Å². The number of carbonyl (C=O) groups is 2. The molecule has 0 aromatic heterocycles. The van der Waals surface area contributed by atoms with Gasteiger partial charge in [-0.3, -0.25) is 14.5 Å². The van der Waals surface area contributed by atoms with Crippen molar-refractivity contribution in [1.29, 1.82) is 0 Å². The van der Waals surface area contributed by atoms with E-state index in [1.165, 1.54) is 24.4 Å². The van der Waals surface area contributed by atoms with Gasteiger partial charge in [0.25, 0.3) is 5.91 Å². The molecule has 1 unspecified atom stereocenters. The van der Waals surface area contributed by atoms with E-state index in [1.54, 1.807) is 13.0 Å². The Morgan fingerprint density at radius 1 is 1.13 bits per heavy atom. The molecular formula is C23H28N2O4S. The van der Waals surface area contributed by atoms with Gasteiger partial charge < -0.3 is 14.8 Å². The Kier molecular flexibility index (Phi) is 8.30. The van der Waals surface area contributed by atoms with E-state index in [0.29, 0.717) is 12.1 Å². The summed E-state index contributed by atoms with van der Waals surface area (Å²) in [6.07, 6.45) is 0. The summed E-state index contributed by atoms with van der Waals surface area (Å²) in [5.74, 6) is -0.471. The summed E-state index contributed by atoms with van der Waals surface area (Å²) in [4.78, 5) is 27.7. The zero-order chi connectivity index (χ0) is 21.3. The molecule has 30 heavy (non-hydrogen) atoms. The summed E-state index contributed by atoms with van der Waals surface area (Å²) in [6, 6.07) is 15.6. The van der Waals surface area contributed by atoms with Gasteiger partial charge in [-0.15, -0.1) is 11.8 Å². The first-order chi connectivity index (χ1) is 14.6. The molecule has 1 amide bonds. The molecule has 1 N–H and O–H groups in total. The van der Waals surface area contributed by atoms with Gasteiger partial charge in [0.2, 0.25) is 0 Å². The number of rotatable bonds is 8. The first-order valence-corrected chi connectivity index (χ1v) is 10.9. The standard InChI is InChI=1S/C23H28N2O4S/c1-17(23(27)28-2)30-21-9-4-3-8-20(21)22(26)24-15-18-6-5-7-19(14-18)16-25-10-12-29-13-11-25/h3-9,14,17H,10-13,15-16H2,1-2H3,(H,24,26). The molecule has 0 radical (unpaired) electrons. The molecule has 0 spiro atoms. The van der Waals surface area contributed by atoms with Crippen LogP contribution in [0.1, 0.15) is 28.4 Å². The van der Waals surface area contributed by atoms with Crippen molar-refractivity contribution in [3.8, 4) is 0 Å². The van der Waals surface area contributed by atoms with Crippen molar-refractivity contribution < 1.29 is 19.1 Å². The third-order valence-electron chi connectivity index (χ3n) is 4.92. The highest BCUT2D eigenvalue weighted by atomic mass is 32.2. The van der Waals surface area contributed by atoms with Gasteiger partial charge in [0, 0.05) is 31.1 Å². The number of nitrogens with zero attached hydrogens (tertiary/aromatic N) is 1. The lowest BCUT2D eigenvalue weighted by Gasteiger charge is -2.26. The minimum absolute atomic E-state index is 0.159. The predicted octanol–water partition coefficient (Wildman–Crippen LogP) is 3.10. The van der Waals surface area contributed by atoms with Gasteiger partial charge in [0.1, 0.15) is 5.25 Å². The predicted molar refractivity (Wildman–Crippen MR) is 117 cm³/mol. The first kappa shape index (κ1) is 22.3. The summed E-state index contributed by atoms with van der Waals surface area (Å²) < 4.78 is 10.2. The van der Waals surface area contributed by atoms with Crippen LogP contribution in [0.2, 0.25) is 0 Å². The van der Waals surface area contributed by atoms with Crippen molar-refractivity contribution in [2.45, 2.75) is 30.2 Å². The lowest BCUT2D eigenvalue weighted by molar-refractivity contribution is -0.139. The Labute approximate surface area is 181 Å². The minimum Gasteiger partial charge on any atom is -0.468 e. The fraction of sp³-hybridized carbons (Fsp3) is 0.391. The highest BCUT2D eigenvalue weighted by molar-refractivity contribution is 8.00. The number of nitrogens with one attached hydrogen (secondary N) is 1. The average Bonchev–Trinajstić information content (AvgIpc) is 2.78. The monoisotopic (exact) mass is 428 g/mol. The molecule has 1 aliphatic rings. The largest absolute Gasteiger partial charge is 0.468 e. The van der Waals surface area contributed by atoms with Crippen LogP contribution in [0, 0.1) is 0 Å². The maximum Gasteiger partial charge on any atom is 0.318 e. The fourth-order valence-electron chi connectivity index (χ4n) is 3.29. The molecule has 2 aromatic carbocycles. The number of esters is 1. The number of hydrogen-bond donors (Lipinski definition) is 1. The molecule has 0 aliphatic carbocycles. The second-order valence-electron chi connectivity index (χ2n) is 7.17. The highest BCUT2D eigenvalue weighted by Crippen LogP contribution is 2.27. The van der Waals surface area contributed by atoms with Crippen LogP contribution >= 0.6 is 11.8 Å². The zero-order valence-corrected chi connectivity index (χ0v) is 18.2. The average molecular weight is 429 g/mol. The van der Waals surface area contributed by atoms with Crippen LogP contribution in [0.25, 0.3) is 0 Å². The van der Waals surface area contributed by atoms with Crippen LogP contribution in [-0.4, -0.2) is 55.4 Å². The van der Waals surface area contributed by atoms with Gasteiger partial charge in [0.15, 0.2) is 0 Å². The fourth-order valence-corrected chi connectivity index (χ4v) is 4.31. The lowest BCUT2D eigenvalue weighted by atomic mass is 10.1. The molecule has 3 rings (SSSR count). The third kappa shape index (κ3) is 6.32. The van der Waals surface area contributed by atoms with Gasteiger partial charge in [-0.05, 0) is 30.2 Å². The number of benzene rings is 2. The number of hydrogen-bond acceptors (Lipinski definition) is 6. The van der Waals surface area contributed by atoms with Gasteiger partial charge in [-0.25, -0.2) is 0 Å². The summed E-state index contributed by atoms with van der Waals surface area (Å²) in [5, 5.41) is 2.61. The van der Waals surface area contributed by atoms with Crippen LogP contribution in [-0.2, 0) is 27.4 Å². The topological polar surface area (TPSA) is 67.9 Å². The van der Waals surface area contributed by atoms with Crippen LogP contribution in [0.15, 0.2) is 53.4 Å². The lowest BCUT2D eigenvalue weighted by Crippen LogP contribution is -2.35. The van der Waals surface area contributed by atoms with Crippen molar-refractivity contribution in [3.05, 3.63) is 65.2 Å². The van der Waals surface area contributed by atoms with Gasteiger partial charge >= 0.3 is 5.97 Å². The van der Waals surface area contributed by atoms with Crippen LogP contribution < -0.4 is 5.32 Å². The SMILES string of the molecule is COC(=O)C(C)Sc1ccccc1C(=O)NCc1cccc(CN2CCOCC2)c1. The summed E-state index contributed by atoms with van der Waals surface area (Å²) >= 11 is 1.32. The number of ether oxygens (including phenoxy) is 2. The van der Waals surface area contributed by atoms with Gasteiger partial charge in [-0.1, -0.05) is 36.4 Å². The normalized spacial score (nSPS) is 15.4. The molecule has 0 bridgehead atoms. The van der Waals surface area contributed by atoms with Crippen molar-refractivity contribution >= 4 is 23.6 Å². The number of amides is 1. The second-order valence-corrected chi connectivity index (χ2v) is 8.55. The van der Waals surface area contributed by atoms with Crippen molar-refractivity contribution in [3.63, 3.8) is 0 Å². The second kappa shape index (κ2) is 11.2. The maximum atomic E-state index is 12.8. The molecular weight excluding hydrogens is 400 g/mol. The Morgan fingerprint density at radius 2 is 1.87 bits per heavy atom. The minimum atomic E-state index is -0.388. The quantitative estimate of drug-likeness (QED) is 0.515. The number of methoxy groups -OCH3 is 1. The van der Waals surface area contributed by atoms with Crippen molar-refractivity contribution in [2.75, 3.05) is 33.4 Å². The molecule has 1 fully saturated rings. The number of thioether (sulfide) groups is 1. The zero-order valence-electron chi connectivity index (χ0n) is 17.4. The number of carbonyl (C=O) groups excluding carboxylic acids is 2. The molecule has 160 valence electrons. The molecule has 1 saturated heterocycles. The molecule has 2 aromatic rings. The van der Waals surface area contributed by atoms with Crippen LogP contribution in [0.4, 0.5) is 0 Å².